The van der Waals surface area contributed by atoms with Crippen LogP contribution in [0.15, 0.2) is 69.1 Å². The molecule has 3 aromatic rings. The highest BCUT2D eigenvalue weighted by molar-refractivity contribution is 14.0. The van der Waals surface area contributed by atoms with Gasteiger partial charge in [-0.1, -0.05) is 36.3 Å². The van der Waals surface area contributed by atoms with Crippen molar-refractivity contribution in [1.82, 2.24) is 25.8 Å². The van der Waals surface area contributed by atoms with Gasteiger partial charge in [0.15, 0.2) is 11.8 Å². The van der Waals surface area contributed by atoms with Crippen molar-refractivity contribution in [1.29, 1.82) is 0 Å². The molecule has 0 saturated carbocycles. The van der Waals surface area contributed by atoms with Crippen molar-refractivity contribution in [2.45, 2.75) is 23.5 Å². The van der Waals surface area contributed by atoms with E-state index in [-0.39, 0.29) is 24.0 Å². The van der Waals surface area contributed by atoms with E-state index in [0.717, 1.165) is 12.5 Å². The summed E-state index contributed by atoms with van der Waals surface area (Å²) >= 11 is 1.83. The molecule has 0 amide bonds. The maximum absolute atomic E-state index is 5.27. The third kappa shape index (κ3) is 7.65. The average molecular weight is 524 g/mol. The van der Waals surface area contributed by atoms with E-state index in [2.05, 4.69) is 61.9 Å². The van der Waals surface area contributed by atoms with Crippen LogP contribution in [0.2, 0.25) is 0 Å². The SMILES string of the molecule is CN=C(NCCc1noc(-c2ccccn2)n1)NCC(C)Sc1ccccc1.I. The first-order valence-electron chi connectivity index (χ1n) is 9.15. The molecule has 0 saturated heterocycles. The Kier molecular flexibility index (Phi) is 9.92. The Morgan fingerprint density at radius 3 is 2.66 bits per heavy atom. The van der Waals surface area contributed by atoms with Crippen LogP contribution in [0, 0.1) is 0 Å². The van der Waals surface area contributed by atoms with Crippen molar-refractivity contribution in [3.63, 3.8) is 0 Å². The summed E-state index contributed by atoms with van der Waals surface area (Å²) in [5.41, 5.74) is 0.677. The van der Waals surface area contributed by atoms with Crippen LogP contribution in [-0.4, -0.2) is 46.5 Å². The predicted molar refractivity (Wildman–Crippen MR) is 128 cm³/mol. The standard InChI is InChI=1S/C20H24N6OS.HI/c1-15(28-16-8-4-3-5-9-16)14-24-20(21-2)23-13-11-18-25-19(27-26-18)17-10-6-7-12-22-17;/h3-10,12,15H,11,13-14H2,1-2H3,(H2,21,23,24);1H. The van der Waals surface area contributed by atoms with E-state index in [4.69, 9.17) is 4.52 Å². The maximum atomic E-state index is 5.27. The summed E-state index contributed by atoms with van der Waals surface area (Å²) in [4.78, 5) is 14.1. The quantitative estimate of drug-likeness (QED) is 0.201. The molecule has 0 aliphatic carbocycles. The van der Waals surface area contributed by atoms with E-state index < -0.39 is 0 Å². The molecule has 7 nitrogen and oxygen atoms in total. The molecular weight excluding hydrogens is 499 g/mol. The van der Waals surface area contributed by atoms with Gasteiger partial charge in [-0.3, -0.25) is 9.98 Å². The number of nitrogens with one attached hydrogen (secondary N) is 2. The van der Waals surface area contributed by atoms with Crippen LogP contribution in [0.1, 0.15) is 12.7 Å². The number of rotatable bonds is 8. The van der Waals surface area contributed by atoms with Crippen LogP contribution in [0.25, 0.3) is 11.6 Å². The van der Waals surface area contributed by atoms with Crippen molar-refractivity contribution >= 4 is 41.7 Å². The second-order valence-electron chi connectivity index (χ2n) is 6.10. The Morgan fingerprint density at radius 1 is 1.14 bits per heavy atom. The number of pyridine rings is 1. The summed E-state index contributed by atoms with van der Waals surface area (Å²) in [6.45, 7) is 3.66. The number of aliphatic imine (C=N–C) groups is 1. The number of nitrogens with zero attached hydrogens (tertiary/aromatic N) is 4. The monoisotopic (exact) mass is 524 g/mol. The van der Waals surface area contributed by atoms with Gasteiger partial charge in [-0.25, -0.2) is 0 Å². The molecule has 2 N–H and O–H groups in total. The third-order valence-corrected chi connectivity index (χ3v) is 4.97. The van der Waals surface area contributed by atoms with Gasteiger partial charge < -0.3 is 15.2 Å². The van der Waals surface area contributed by atoms with E-state index in [1.54, 1.807) is 13.2 Å². The van der Waals surface area contributed by atoms with Crippen molar-refractivity contribution in [3.8, 4) is 11.6 Å². The van der Waals surface area contributed by atoms with Crippen molar-refractivity contribution in [3.05, 3.63) is 60.6 Å². The van der Waals surface area contributed by atoms with Crippen LogP contribution in [-0.2, 0) is 6.42 Å². The Labute approximate surface area is 192 Å². The number of guanidine groups is 1. The van der Waals surface area contributed by atoms with Crippen LogP contribution < -0.4 is 10.6 Å². The lowest BCUT2D eigenvalue weighted by Gasteiger charge is -2.15. The van der Waals surface area contributed by atoms with Gasteiger partial charge in [0.2, 0.25) is 0 Å². The number of halogens is 1. The van der Waals surface area contributed by atoms with Gasteiger partial charge in [0.1, 0.15) is 5.69 Å². The van der Waals surface area contributed by atoms with Gasteiger partial charge >= 0.3 is 0 Å². The van der Waals surface area contributed by atoms with E-state index in [9.17, 15) is 0 Å². The van der Waals surface area contributed by atoms with Gasteiger partial charge in [-0.05, 0) is 24.3 Å². The summed E-state index contributed by atoms with van der Waals surface area (Å²) in [5.74, 6) is 1.83. The van der Waals surface area contributed by atoms with E-state index in [0.29, 0.717) is 35.6 Å². The first-order chi connectivity index (χ1) is 13.7. The summed E-state index contributed by atoms with van der Waals surface area (Å²) in [6, 6.07) is 16.0. The molecular formula is C20H25IN6OS. The molecule has 29 heavy (non-hydrogen) atoms. The first kappa shape index (κ1) is 23.1. The Bertz CT molecular complexity index is 875. The minimum Gasteiger partial charge on any atom is -0.356 e. The van der Waals surface area contributed by atoms with E-state index in [1.165, 1.54) is 4.90 Å². The highest BCUT2D eigenvalue weighted by Crippen LogP contribution is 2.21. The summed E-state index contributed by atoms with van der Waals surface area (Å²) in [5, 5.41) is 11.1. The molecule has 2 aromatic heterocycles. The van der Waals surface area contributed by atoms with Crippen molar-refractivity contribution in [2.75, 3.05) is 20.1 Å². The molecule has 9 heteroatoms. The molecule has 2 heterocycles. The molecule has 1 unspecified atom stereocenters. The fourth-order valence-electron chi connectivity index (χ4n) is 2.48. The molecule has 0 aliphatic rings. The number of hydrogen-bond acceptors (Lipinski definition) is 6. The molecule has 0 aliphatic heterocycles. The maximum Gasteiger partial charge on any atom is 0.276 e. The highest BCUT2D eigenvalue weighted by atomic mass is 127. The smallest absolute Gasteiger partial charge is 0.276 e. The van der Waals surface area contributed by atoms with Crippen LogP contribution in [0.5, 0.6) is 0 Å². The van der Waals surface area contributed by atoms with Gasteiger partial charge in [0.05, 0.1) is 0 Å². The second kappa shape index (κ2) is 12.4. The molecule has 0 bridgehead atoms. The summed E-state index contributed by atoms with van der Waals surface area (Å²) < 4.78 is 5.27. The van der Waals surface area contributed by atoms with Gasteiger partial charge in [0, 0.05) is 42.9 Å². The number of benzene rings is 1. The van der Waals surface area contributed by atoms with Gasteiger partial charge in [0.25, 0.3) is 5.89 Å². The topological polar surface area (TPSA) is 88.2 Å². The lowest BCUT2D eigenvalue weighted by atomic mass is 10.3. The summed E-state index contributed by atoms with van der Waals surface area (Å²) in [7, 11) is 1.76. The zero-order valence-corrected chi connectivity index (χ0v) is 19.6. The lowest BCUT2D eigenvalue weighted by molar-refractivity contribution is 0.421. The van der Waals surface area contributed by atoms with Crippen LogP contribution >= 0.6 is 35.7 Å². The number of thioether (sulfide) groups is 1. The zero-order valence-electron chi connectivity index (χ0n) is 16.4. The Morgan fingerprint density at radius 2 is 1.93 bits per heavy atom. The van der Waals surface area contributed by atoms with Crippen LogP contribution in [0.3, 0.4) is 0 Å². The minimum atomic E-state index is 0. The average Bonchev–Trinajstić information content (AvgIpc) is 3.21. The molecule has 0 spiro atoms. The molecule has 154 valence electrons. The number of aromatic nitrogens is 3. The normalized spacial score (nSPS) is 12.1. The van der Waals surface area contributed by atoms with E-state index >= 15 is 0 Å². The van der Waals surface area contributed by atoms with E-state index in [1.807, 2.05) is 36.0 Å². The van der Waals surface area contributed by atoms with Crippen molar-refractivity contribution < 1.29 is 4.52 Å². The second-order valence-corrected chi connectivity index (χ2v) is 7.61. The molecule has 3 rings (SSSR count). The molecule has 0 radical (unpaired) electrons. The summed E-state index contributed by atoms with van der Waals surface area (Å²) in [6.07, 6.45) is 2.33. The lowest BCUT2D eigenvalue weighted by Crippen LogP contribution is -2.40. The number of hydrogen-bond donors (Lipinski definition) is 2. The molecule has 1 atom stereocenters. The van der Waals surface area contributed by atoms with Gasteiger partial charge in [-0.2, -0.15) is 4.98 Å². The largest absolute Gasteiger partial charge is 0.356 e. The van der Waals surface area contributed by atoms with Crippen LogP contribution in [0.4, 0.5) is 0 Å². The predicted octanol–water partition coefficient (Wildman–Crippen LogP) is 3.64. The Hall–Kier alpha value is -2.14. The fraction of sp³-hybridized carbons (Fsp3) is 0.300. The van der Waals surface area contributed by atoms with Crippen molar-refractivity contribution in [2.24, 2.45) is 4.99 Å². The van der Waals surface area contributed by atoms with Gasteiger partial charge in [-0.15, -0.1) is 35.7 Å². The highest BCUT2D eigenvalue weighted by Gasteiger charge is 2.10. The molecule has 0 fully saturated rings. The minimum absolute atomic E-state index is 0. The third-order valence-electron chi connectivity index (χ3n) is 3.85. The fourth-order valence-corrected chi connectivity index (χ4v) is 3.42. The first-order valence-corrected chi connectivity index (χ1v) is 10.0. The molecule has 1 aromatic carbocycles. The zero-order chi connectivity index (χ0) is 19.6. The Balaban J connectivity index is 0.00000300.